The number of nitrogens with one attached hydrogen (secondary N) is 4. The Balaban J connectivity index is 2.99. The van der Waals surface area contributed by atoms with Crippen LogP contribution in [0.5, 0.6) is 0 Å². The Morgan fingerprint density at radius 2 is 1.51 bits per heavy atom. The molecule has 0 fully saturated rings. The molecule has 1 heterocycles. The third-order valence-electron chi connectivity index (χ3n) is 5.21. The predicted octanol–water partition coefficient (Wildman–Crippen LogP) is -3.31. The maximum atomic E-state index is 13.0. The van der Waals surface area contributed by atoms with Crippen molar-refractivity contribution in [1.29, 1.82) is 0 Å². The van der Waals surface area contributed by atoms with Gasteiger partial charge in [0.25, 0.3) is 0 Å². The smallest absolute Gasteiger partial charge is 0.326 e. The first kappa shape index (κ1) is 31.0. The van der Waals surface area contributed by atoms with Gasteiger partial charge in [-0.1, -0.05) is 0 Å². The van der Waals surface area contributed by atoms with Crippen LogP contribution in [0.2, 0.25) is 0 Å². The highest BCUT2D eigenvalue weighted by atomic mass is 16.4. The minimum Gasteiger partial charge on any atom is -0.481 e. The largest absolute Gasteiger partial charge is 0.481 e. The molecule has 4 amide bonds. The van der Waals surface area contributed by atoms with E-state index in [2.05, 4.69) is 25.9 Å². The number of carbonyl (C=O) groups is 6. The lowest BCUT2D eigenvalue weighted by atomic mass is 10.0. The molecule has 0 spiro atoms. The first-order valence-electron chi connectivity index (χ1n) is 11.5. The van der Waals surface area contributed by atoms with E-state index in [1.54, 1.807) is 0 Å². The van der Waals surface area contributed by atoms with Crippen molar-refractivity contribution in [2.45, 2.75) is 69.1 Å². The van der Waals surface area contributed by atoms with Gasteiger partial charge >= 0.3 is 11.9 Å². The van der Waals surface area contributed by atoms with Crippen molar-refractivity contribution in [1.82, 2.24) is 25.9 Å². The Kier molecular flexibility index (Phi) is 13.3. The number of aromatic amines is 1. The van der Waals surface area contributed by atoms with Crippen molar-refractivity contribution in [3.05, 3.63) is 18.2 Å². The normalized spacial score (nSPS) is 14.0. The Hall–Kier alpha value is -4.05. The van der Waals surface area contributed by atoms with Crippen molar-refractivity contribution in [3.8, 4) is 0 Å². The average molecular weight is 527 g/mol. The van der Waals surface area contributed by atoms with Gasteiger partial charge in [0.05, 0.1) is 18.8 Å². The number of carbonyl (C=O) groups excluding carboxylic acids is 4. The number of primary amides is 1. The summed E-state index contributed by atoms with van der Waals surface area (Å²) in [6, 6.07) is -5.34. The van der Waals surface area contributed by atoms with E-state index >= 15 is 0 Å². The number of nitrogens with zero attached hydrogens (tertiary/aromatic N) is 1. The first-order valence-corrected chi connectivity index (χ1v) is 11.5. The highest BCUT2D eigenvalue weighted by molar-refractivity contribution is 5.95. The lowest BCUT2D eigenvalue weighted by Gasteiger charge is -2.25. The molecule has 1 aromatic heterocycles. The van der Waals surface area contributed by atoms with Crippen LogP contribution in [0.1, 0.15) is 44.2 Å². The number of aromatic nitrogens is 2. The highest BCUT2D eigenvalue weighted by Crippen LogP contribution is 2.06. The lowest BCUT2D eigenvalue weighted by Crippen LogP contribution is -2.57. The number of amides is 4. The zero-order chi connectivity index (χ0) is 28.0. The standard InChI is InChI=1S/C21H34N8O8/c22-6-2-1-3-13(27-18(33)12(23)7-11-9-25-10-26-11)19(34)28-14(4-5-17(31)32)20(35)29-15(21(36)37)8-16(24)30/h9-10,12-15H,1-8,22-23H2,(H2,24,30)(H,25,26)(H,27,33)(H,28,34)(H,29,35)(H,31,32)(H,36,37). The topological polar surface area (TPSA) is 286 Å². The Labute approximate surface area is 212 Å². The minimum atomic E-state index is -1.69. The Morgan fingerprint density at radius 3 is 2.03 bits per heavy atom. The van der Waals surface area contributed by atoms with Crippen LogP contribution in [0.25, 0.3) is 0 Å². The van der Waals surface area contributed by atoms with E-state index in [1.807, 2.05) is 0 Å². The highest BCUT2D eigenvalue weighted by Gasteiger charge is 2.31. The number of carboxylic acid groups (broad SMARTS) is 2. The van der Waals surface area contributed by atoms with E-state index in [0.29, 0.717) is 25.1 Å². The molecule has 0 saturated carbocycles. The molecule has 12 N–H and O–H groups in total. The summed E-state index contributed by atoms with van der Waals surface area (Å²) in [5, 5.41) is 25.2. The second kappa shape index (κ2) is 15.8. The molecule has 0 saturated heterocycles. The summed E-state index contributed by atoms with van der Waals surface area (Å²) in [5.74, 6) is -6.31. The molecular weight excluding hydrogens is 492 g/mol. The van der Waals surface area contributed by atoms with Crippen molar-refractivity contribution < 1.29 is 39.0 Å². The van der Waals surface area contributed by atoms with Crippen LogP contribution in [0.15, 0.2) is 12.5 Å². The fourth-order valence-electron chi connectivity index (χ4n) is 3.25. The van der Waals surface area contributed by atoms with Crippen molar-refractivity contribution in [3.63, 3.8) is 0 Å². The van der Waals surface area contributed by atoms with Crippen molar-refractivity contribution in [2.24, 2.45) is 17.2 Å². The molecule has 0 radical (unpaired) electrons. The monoisotopic (exact) mass is 526 g/mol. The van der Waals surface area contributed by atoms with Gasteiger partial charge in [0.15, 0.2) is 0 Å². The second-order valence-electron chi connectivity index (χ2n) is 8.30. The summed E-state index contributed by atoms with van der Waals surface area (Å²) in [7, 11) is 0. The van der Waals surface area contributed by atoms with Gasteiger partial charge in [-0.3, -0.25) is 24.0 Å². The number of unbranched alkanes of at least 4 members (excludes halogenated alkanes) is 1. The number of hydrogen-bond acceptors (Lipinski definition) is 9. The van der Waals surface area contributed by atoms with Crippen LogP contribution in [-0.4, -0.2) is 86.5 Å². The SMILES string of the molecule is NCCCCC(NC(=O)C(N)Cc1cnc[nH]1)C(=O)NC(CCC(=O)O)C(=O)NC(CC(N)=O)C(=O)O. The number of carboxylic acids is 2. The number of rotatable bonds is 18. The van der Waals surface area contributed by atoms with Gasteiger partial charge in [-0.05, 0) is 32.2 Å². The summed E-state index contributed by atoms with van der Waals surface area (Å²) in [6.07, 6.45) is 2.50. The summed E-state index contributed by atoms with van der Waals surface area (Å²) in [6.45, 7) is 0.335. The molecule has 16 nitrogen and oxygen atoms in total. The van der Waals surface area contributed by atoms with Crippen LogP contribution < -0.4 is 33.2 Å². The fraction of sp³-hybridized carbons (Fsp3) is 0.571. The van der Waals surface area contributed by atoms with E-state index < -0.39 is 79.0 Å². The number of hydrogen-bond donors (Lipinski definition) is 9. The van der Waals surface area contributed by atoms with Gasteiger partial charge in [-0.15, -0.1) is 0 Å². The quantitative estimate of drug-likeness (QED) is 0.0853. The molecule has 37 heavy (non-hydrogen) atoms. The fourth-order valence-corrected chi connectivity index (χ4v) is 3.25. The molecule has 0 bridgehead atoms. The molecular formula is C21H34N8O8. The molecule has 0 aliphatic heterocycles. The Morgan fingerprint density at radius 1 is 0.919 bits per heavy atom. The zero-order valence-corrected chi connectivity index (χ0v) is 20.1. The molecule has 0 aliphatic carbocycles. The molecule has 0 aromatic carbocycles. The van der Waals surface area contributed by atoms with E-state index in [4.69, 9.17) is 22.3 Å². The second-order valence-corrected chi connectivity index (χ2v) is 8.30. The molecule has 0 aliphatic rings. The minimum absolute atomic E-state index is 0.114. The predicted molar refractivity (Wildman–Crippen MR) is 127 cm³/mol. The van der Waals surface area contributed by atoms with Crippen LogP contribution in [0, 0.1) is 0 Å². The zero-order valence-electron chi connectivity index (χ0n) is 20.1. The summed E-state index contributed by atoms with van der Waals surface area (Å²) in [4.78, 5) is 78.6. The van der Waals surface area contributed by atoms with Crippen LogP contribution in [0.4, 0.5) is 0 Å². The van der Waals surface area contributed by atoms with Crippen LogP contribution >= 0.6 is 0 Å². The van der Waals surface area contributed by atoms with Crippen LogP contribution in [0.3, 0.4) is 0 Å². The van der Waals surface area contributed by atoms with Crippen molar-refractivity contribution in [2.75, 3.05) is 6.54 Å². The lowest BCUT2D eigenvalue weighted by molar-refractivity contribution is -0.144. The van der Waals surface area contributed by atoms with E-state index in [9.17, 15) is 33.9 Å². The van der Waals surface area contributed by atoms with E-state index in [1.165, 1.54) is 12.5 Å². The van der Waals surface area contributed by atoms with Gasteiger partial charge in [0.1, 0.15) is 18.1 Å². The summed E-state index contributed by atoms with van der Waals surface area (Å²) < 4.78 is 0. The summed E-state index contributed by atoms with van der Waals surface area (Å²) >= 11 is 0. The van der Waals surface area contributed by atoms with E-state index in [0.717, 1.165) is 0 Å². The van der Waals surface area contributed by atoms with Gasteiger partial charge < -0.3 is 48.3 Å². The third-order valence-corrected chi connectivity index (χ3v) is 5.21. The molecule has 1 rings (SSSR count). The summed E-state index contributed by atoms with van der Waals surface area (Å²) in [5.41, 5.74) is 17.0. The maximum Gasteiger partial charge on any atom is 0.326 e. The average Bonchev–Trinajstić information content (AvgIpc) is 3.32. The van der Waals surface area contributed by atoms with Crippen LogP contribution in [-0.2, 0) is 35.2 Å². The van der Waals surface area contributed by atoms with Gasteiger partial charge in [0.2, 0.25) is 23.6 Å². The van der Waals surface area contributed by atoms with Gasteiger partial charge in [-0.2, -0.15) is 0 Å². The van der Waals surface area contributed by atoms with Gasteiger partial charge in [-0.25, -0.2) is 9.78 Å². The number of nitrogens with two attached hydrogens (primary N) is 3. The molecule has 4 unspecified atom stereocenters. The first-order chi connectivity index (χ1) is 17.4. The Bertz CT molecular complexity index is 939. The third kappa shape index (κ3) is 12.0. The number of aliphatic carboxylic acids is 2. The van der Waals surface area contributed by atoms with E-state index in [-0.39, 0.29) is 12.8 Å². The molecule has 1 aromatic rings. The molecule has 4 atom stereocenters. The molecule has 16 heteroatoms. The van der Waals surface area contributed by atoms with Gasteiger partial charge in [0, 0.05) is 24.7 Å². The number of imidazole rings is 1. The molecule has 206 valence electrons. The van der Waals surface area contributed by atoms with Crippen molar-refractivity contribution >= 4 is 35.6 Å². The number of H-pyrrole nitrogens is 1. The maximum absolute atomic E-state index is 13.0.